The average Bonchev–Trinajstić information content (AvgIpc) is 2.94. The van der Waals surface area contributed by atoms with Gasteiger partial charge in [-0.3, -0.25) is 9.59 Å². The van der Waals surface area contributed by atoms with Crippen LogP contribution in [0.25, 0.3) is 0 Å². The average molecular weight is 324 g/mol. The van der Waals surface area contributed by atoms with Gasteiger partial charge in [-0.15, -0.1) is 0 Å². The van der Waals surface area contributed by atoms with E-state index in [4.69, 9.17) is 0 Å². The van der Waals surface area contributed by atoms with Gasteiger partial charge in [0.1, 0.15) is 6.04 Å². The summed E-state index contributed by atoms with van der Waals surface area (Å²) < 4.78 is 0.933. The molecule has 0 bridgehead atoms. The Morgan fingerprint density at radius 1 is 1.53 bits per heavy atom. The number of nitrogens with one attached hydrogen (secondary N) is 2. The number of carbonyl (C=O) groups excluding carboxylic acids is 2. The highest BCUT2D eigenvalue weighted by Crippen LogP contribution is 2.37. The number of alkyl halides is 1. The van der Waals surface area contributed by atoms with Crippen molar-refractivity contribution in [2.75, 3.05) is 4.43 Å². The van der Waals surface area contributed by atoms with Gasteiger partial charge in [-0.05, 0) is 18.8 Å². The number of carbonyl (C=O) groups is 2. The van der Waals surface area contributed by atoms with E-state index in [1.54, 1.807) is 0 Å². The number of amides is 2. The fourth-order valence-corrected chi connectivity index (χ4v) is 2.38. The molecule has 15 heavy (non-hydrogen) atoms. The molecule has 1 aliphatic carbocycles. The molecule has 0 unspecified atom stereocenters. The second-order valence-electron chi connectivity index (χ2n) is 4.41. The Bertz CT molecular complexity index is 252. The summed E-state index contributed by atoms with van der Waals surface area (Å²) in [7, 11) is 0. The standard InChI is InChI=1S/C10H17IN2O2/c1-7(2)8(12-6-14)9(15)13-10(5-11)3-4-10/h6-8H,3-5H2,1-2H3,(H,12,14)(H,13,15)/t8-/m0/s1. The summed E-state index contributed by atoms with van der Waals surface area (Å²) in [6.45, 7) is 3.84. The maximum Gasteiger partial charge on any atom is 0.243 e. The van der Waals surface area contributed by atoms with Crippen molar-refractivity contribution in [2.45, 2.75) is 38.3 Å². The molecule has 2 amide bonds. The lowest BCUT2D eigenvalue weighted by Gasteiger charge is -2.22. The summed E-state index contributed by atoms with van der Waals surface area (Å²) >= 11 is 2.28. The van der Waals surface area contributed by atoms with E-state index >= 15 is 0 Å². The first-order chi connectivity index (χ1) is 7.04. The molecule has 0 aromatic carbocycles. The smallest absolute Gasteiger partial charge is 0.243 e. The Balaban J connectivity index is 2.52. The SMILES string of the molecule is CC(C)[C@H](NC=O)C(=O)NC1(CI)CC1. The Morgan fingerprint density at radius 3 is 2.47 bits per heavy atom. The van der Waals surface area contributed by atoms with Crippen molar-refractivity contribution in [1.29, 1.82) is 0 Å². The molecule has 1 rings (SSSR count). The third-order valence-corrected chi connectivity index (χ3v) is 4.15. The molecule has 0 spiro atoms. The molecule has 1 saturated carbocycles. The van der Waals surface area contributed by atoms with Crippen LogP contribution in [0.15, 0.2) is 0 Å². The Labute approximate surface area is 104 Å². The van der Waals surface area contributed by atoms with Crippen LogP contribution < -0.4 is 10.6 Å². The number of hydrogen-bond acceptors (Lipinski definition) is 2. The van der Waals surface area contributed by atoms with Crippen LogP contribution in [-0.2, 0) is 9.59 Å². The van der Waals surface area contributed by atoms with Gasteiger partial charge in [0.2, 0.25) is 12.3 Å². The molecule has 0 heterocycles. The van der Waals surface area contributed by atoms with Gasteiger partial charge >= 0.3 is 0 Å². The van der Waals surface area contributed by atoms with E-state index < -0.39 is 6.04 Å². The molecule has 0 aromatic rings. The van der Waals surface area contributed by atoms with E-state index in [-0.39, 0.29) is 17.4 Å². The first-order valence-corrected chi connectivity index (χ1v) is 6.65. The summed E-state index contributed by atoms with van der Waals surface area (Å²) in [5, 5.41) is 5.58. The Kier molecular flexibility index (Phi) is 4.36. The maximum atomic E-state index is 11.9. The van der Waals surface area contributed by atoms with Gasteiger partial charge in [-0.25, -0.2) is 0 Å². The lowest BCUT2D eigenvalue weighted by Crippen LogP contribution is -2.51. The van der Waals surface area contributed by atoms with Crippen LogP contribution in [0.5, 0.6) is 0 Å². The van der Waals surface area contributed by atoms with Gasteiger partial charge < -0.3 is 10.6 Å². The van der Waals surface area contributed by atoms with Gasteiger partial charge in [-0.1, -0.05) is 36.4 Å². The maximum absolute atomic E-state index is 11.9. The van der Waals surface area contributed by atoms with E-state index in [9.17, 15) is 9.59 Å². The molecule has 0 aromatic heterocycles. The number of rotatable bonds is 6. The van der Waals surface area contributed by atoms with Crippen molar-refractivity contribution in [2.24, 2.45) is 5.92 Å². The quantitative estimate of drug-likeness (QED) is 0.432. The van der Waals surface area contributed by atoms with Crippen molar-refractivity contribution >= 4 is 34.9 Å². The minimum atomic E-state index is -0.414. The first-order valence-electron chi connectivity index (χ1n) is 5.12. The monoisotopic (exact) mass is 324 g/mol. The minimum absolute atomic E-state index is 0.00927. The van der Waals surface area contributed by atoms with Crippen molar-refractivity contribution in [3.63, 3.8) is 0 Å². The molecule has 1 atom stereocenters. The molecule has 0 saturated heterocycles. The lowest BCUT2D eigenvalue weighted by atomic mass is 10.0. The molecular formula is C10H17IN2O2. The van der Waals surface area contributed by atoms with Gasteiger partial charge in [0.25, 0.3) is 0 Å². The molecule has 86 valence electrons. The van der Waals surface area contributed by atoms with Crippen LogP contribution in [0.3, 0.4) is 0 Å². The zero-order valence-corrected chi connectivity index (χ0v) is 11.2. The molecule has 4 nitrogen and oxygen atoms in total. The molecule has 1 fully saturated rings. The summed E-state index contributed by atoms with van der Waals surface area (Å²) in [4.78, 5) is 22.2. The Morgan fingerprint density at radius 2 is 2.13 bits per heavy atom. The highest BCUT2D eigenvalue weighted by Gasteiger charge is 2.44. The van der Waals surface area contributed by atoms with Gasteiger partial charge in [0, 0.05) is 9.97 Å². The fraction of sp³-hybridized carbons (Fsp3) is 0.800. The van der Waals surface area contributed by atoms with E-state index in [1.165, 1.54) is 0 Å². The predicted molar refractivity (Wildman–Crippen MR) is 66.8 cm³/mol. The van der Waals surface area contributed by atoms with E-state index in [2.05, 4.69) is 33.2 Å². The normalized spacial score (nSPS) is 19.5. The van der Waals surface area contributed by atoms with Crippen molar-refractivity contribution < 1.29 is 9.59 Å². The molecule has 1 aliphatic rings. The second kappa shape index (κ2) is 5.14. The zero-order valence-electron chi connectivity index (χ0n) is 9.05. The largest absolute Gasteiger partial charge is 0.348 e. The number of halogens is 1. The second-order valence-corrected chi connectivity index (χ2v) is 5.17. The zero-order chi connectivity index (χ0) is 11.5. The van der Waals surface area contributed by atoms with Crippen molar-refractivity contribution in [3.05, 3.63) is 0 Å². The fourth-order valence-electron chi connectivity index (χ4n) is 1.43. The lowest BCUT2D eigenvalue weighted by molar-refractivity contribution is -0.127. The van der Waals surface area contributed by atoms with Crippen LogP contribution in [0.1, 0.15) is 26.7 Å². The third-order valence-electron chi connectivity index (χ3n) is 2.69. The summed E-state index contributed by atoms with van der Waals surface area (Å²) in [6.07, 6.45) is 2.69. The third kappa shape index (κ3) is 3.32. The van der Waals surface area contributed by atoms with E-state index in [1.807, 2.05) is 13.8 Å². The first kappa shape index (κ1) is 12.7. The van der Waals surface area contributed by atoms with Crippen LogP contribution in [-0.4, -0.2) is 28.3 Å². The van der Waals surface area contributed by atoms with Crippen LogP contribution in [0.4, 0.5) is 0 Å². The van der Waals surface area contributed by atoms with E-state index in [0.29, 0.717) is 6.41 Å². The highest BCUT2D eigenvalue weighted by molar-refractivity contribution is 14.1. The van der Waals surface area contributed by atoms with E-state index in [0.717, 1.165) is 17.3 Å². The van der Waals surface area contributed by atoms with Gasteiger partial charge in [0.05, 0.1) is 0 Å². The molecule has 0 aliphatic heterocycles. The van der Waals surface area contributed by atoms with Crippen LogP contribution in [0.2, 0.25) is 0 Å². The number of hydrogen-bond donors (Lipinski definition) is 2. The van der Waals surface area contributed by atoms with Crippen molar-refractivity contribution in [1.82, 2.24) is 10.6 Å². The van der Waals surface area contributed by atoms with Gasteiger partial charge in [-0.2, -0.15) is 0 Å². The summed E-state index contributed by atoms with van der Waals surface area (Å²) in [5.41, 5.74) is 0.00927. The molecular weight excluding hydrogens is 307 g/mol. The van der Waals surface area contributed by atoms with Crippen molar-refractivity contribution in [3.8, 4) is 0 Å². The minimum Gasteiger partial charge on any atom is -0.348 e. The molecule has 5 heteroatoms. The Hall–Kier alpha value is -0.330. The molecule has 0 radical (unpaired) electrons. The topological polar surface area (TPSA) is 58.2 Å². The predicted octanol–water partition coefficient (Wildman–Crippen LogP) is 0.841. The summed E-state index contributed by atoms with van der Waals surface area (Å²) in [5.74, 6) is 0.0477. The summed E-state index contributed by atoms with van der Waals surface area (Å²) in [6, 6.07) is -0.414. The van der Waals surface area contributed by atoms with Crippen LogP contribution >= 0.6 is 22.6 Å². The highest BCUT2D eigenvalue weighted by atomic mass is 127. The molecule has 2 N–H and O–H groups in total. The van der Waals surface area contributed by atoms with Gasteiger partial charge in [0.15, 0.2) is 0 Å². The van der Waals surface area contributed by atoms with Crippen LogP contribution in [0, 0.1) is 5.92 Å².